The number of para-hydroxylation sites is 1. The second-order valence-corrected chi connectivity index (χ2v) is 5.32. The lowest BCUT2D eigenvalue weighted by molar-refractivity contribution is -0.116. The van der Waals surface area contributed by atoms with Gasteiger partial charge in [0.2, 0.25) is 5.91 Å². The number of carbonyl (C=O) groups is 1. The maximum Gasteiger partial charge on any atom is 0.244 e. The number of nitrogens with one attached hydrogen (secondary N) is 1. The Hall–Kier alpha value is -3.15. The van der Waals surface area contributed by atoms with E-state index in [0.717, 1.165) is 11.1 Å². The molecule has 2 aromatic carbocycles. The van der Waals surface area contributed by atoms with Gasteiger partial charge in [-0.3, -0.25) is 4.79 Å². The number of methoxy groups -OCH3 is 4. The van der Waals surface area contributed by atoms with Gasteiger partial charge >= 0.3 is 0 Å². The van der Waals surface area contributed by atoms with Gasteiger partial charge in [-0.1, -0.05) is 18.2 Å². The third-order valence-corrected chi connectivity index (χ3v) is 3.76. The molecule has 0 atom stereocenters. The molecule has 2 rings (SSSR count). The SMILES string of the molecule is COc1ccc(CNC(=O)/C=C/c2cccc(OC)c2OC)cc1OC. The topological polar surface area (TPSA) is 66.0 Å². The van der Waals surface area contributed by atoms with Crippen LogP contribution >= 0.6 is 0 Å². The summed E-state index contributed by atoms with van der Waals surface area (Å²) in [6.07, 6.45) is 3.14. The van der Waals surface area contributed by atoms with E-state index in [9.17, 15) is 4.79 Å². The highest BCUT2D eigenvalue weighted by Crippen LogP contribution is 2.31. The molecule has 0 aliphatic carbocycles. The Morgan fingerprint density at radius 2 is 1.65 bits per heavy atom. The molecule has 0 fully saturated rings. The summed E-state index contributed by atoms with van der Waals surface area (Å²) in [5.74, 6) is 2.24. The van der Waals surface area contributed by atoms with Gasteiger partial charge in [0.15, 0.2) is 23.0 Å². The molecule has 6 nitrogen and oxygen atoms in total. The van der Waals surface area contributed by atoms with Crippen LogP contribution in [-0.4, -0.2) is 34.3 Å². The zero-order chi connectivity index (χ0) is 18.9. The van der Waals surface area contributed by atoms with Gasteiger partial charge < -0.3 is 24.3 Å². The second-order valence-electron chi connectivity index (χ2n) is 5.32. The highest BCUT2D eigenvalue weighted by molar-refractivity contribution is 5.92. The van der Waals surface area contributed by atoms with Crippen LogP contribution in [0.25, 0.3) is 6.08 Å². The Morgan fingerprint density at radius 3 is 2.31 bits per heavy atom. The summed E-state index contributed by atoms with van der Waals surface area (Å²) in [4.78, 5) is 12.1. The van der Waals surface area contributed by atoms with Crippen LogP contribution in [0.2, 0.25) is 0 Å². The molecule has 138 valence electrons. The van der Waals surface area contributed by atoms with Crippen LogP contribution in [0.1, 0.15) is 11.1 Å². The van der Waals surface area contributed by atoms with E-state index in [0.29, 0.717) is 29.5 Å². The molecule has 0 spiro atoms. The van der Waals surface area contributed by atoms with Gasteiger partial charge in [0.05, 0.1) is 28.4 Å². The van der Waals surface area contributed by atoms with Crippen molar-refractivity contribution >= 4 is 12.0 Å². The van der Waals surface area contributed by atoms with Gasteiger partial charge in [-0.15, -0.1) is 0 Å². The molecule has 1 N–H and O–H groups in total. The van der Waals surface area contributed by atoms with Crippen LogP contribution in [-0.2, 0) is 11.3 Å². The van der Waals surface area contributed by atoms with Gasteiger partial charge in [0.25, 0.3) is 0 Å². The van der Waals surface area contributed by atoms with Crippen LogP contribution in [0.3, 0.4) is 0 Å². The molecule has 0 aromatic heterocycles. The second kappa shape index (κ2) is 9.36. The number of benzene rings is 2. The Kier molecular flexibility index (Phi) is 6.91. The number of carbonyl (C=O) groups excluding carboxylic acids is 1. The first-order valence-electron chi connectivity index (χ1n) is 8.00. The minimum atomic E-state index is -0.218. The van der Waals surface area contributed by atoms with E-state index in [-0.39, 0.29) is 5.91 Å². The van der Waals surface area contributed by atoms with Crippen LogP contribution in [0.5, 0.6) is 23.0 Å². The quantitative estimate of drug-likeness (QED) is 0.736. The normalized spacial score (nSPS) is 10.5. The molecule has 0 saturated heterocycles. The maximum absolute atomic E-state index is 12.1. The fourth-order valence-electron chi connectivity index (χ4n) is 2.45. The summed E-state index contributed by atoms with van der Waals surface area (Å²) in [5.41, 5.74) is 1.66. The number of rotatable bonds is 8. The minimum Gasteiger partial charge on any atom is -0.493 e. The van der Waals surface area contributed by atoms with Crippen molar-refractivity contribution in [3.8, 4) is 23.0 Å². The maximum atomic E-state index is 12.1. The van der Waals surface area contributed by atoms with Crippen molar-refractivity contribution in [3.05, 3.63) is 53.6 Å². The summed E-state index contributed by atoms with van der Waals surface area (Å²) < 4.78 is 21.0. The van der Waals surface area contributed by atoms with Gasteiger partial charge in [0, 0.05) is 18.2 Å². The zero-order valence-corrected chi connectivity index (χ0v) is 15.4. The van der Waals surface area contributed by atoms with E-state index in [1.54, 1.807) is 46.6 Å². The summed E-state index contributed by atoms with van der Waals surface area (Å²) in [6, 6.07) is 11.0. The fraction of sp³-hybridized carbons (Fsp3) is 0.250. The van der Waals surface area contributed by atoms with Crippen molar-refractivity contribution in [1.82, 2.24) is 5.32 Å². The summed E-state index contributed by atoms with van der Waals surface area (Å²) in [5, 5.41) is 2.83. The molecule has 0 unspecified atom stereocenters. The van der Waals surface area contributed by atoms with Crippen LogP contribution < -0.4 is 24.3 Å². The van der Waals surface area contributed by atoms with Gasteiger partial charge in [-0.2, -0.15) is 0 Å². The van der Waals surface area contributed by atoms with E-state index >= 15 is 0 Å². The predicted molar refractivity (Wildman–Crippen MR) is 100.0 cm³/mol. The van der Waals surface area contributed by atoms with E-state index in [2.05, 4.69) is 5.32 Å². The lowest BCUT2D eigenvalue weighted by Crippen LogP contribution is -2.20. The highest BCUT2D eigenvalue weighted by atomic mass is 16.5. The van der Waals surface area contributed by atoms with Crippen LogP contribution in [0.4, 0.5) is 0 Å². The Morgan fingerprint density at radius 1 is 0.923 bits per heavy atom. The van der Waals surface area contributed by atoms with Crippen LogP contribution in [0, 0.1) is 0 Å². The molecule has 6 heteroatoms. The number of hydrogen-bond donors (Lipinski definition) is 1. The van der Waals surface area contributed by atoms with Crippen molar-refractivity contribution in [2.45, 2.75) is 6.54 Å². The first kappa shape index (κ1) is 19.2. The molecule has 0 aliphatic heterocycles. The average Bonchev–Trinajstić information content (AvgIpc) is 2.69. The van der Waals surface area contributed by atoms with Gasteiger partial charge in [-0.25, -0.2) is 0 Å². The molecular formula is C20H23NO5. The first-order valence-corrected chi connectivity index (χ1v) is 8.00. The summed E-state index contributed by atoms with van der Waals surface area (Å²) in [6.45, 7) is 0.374. The Balaban J connectivity index is 2.02. The lowest BCUT2D eigenvalue weighted by Gasteiger charge is -2.10. The molecule has 0 aliphatic rings. The van der Waals surface area contributed by atoms with E-state index in [1.165, 1.54) is 6.08 Å². The monoisotopic (exact) mass is 357 g/mol. The molecule has 0 saturated carbocycles. The number of hydrogen-bond acceptors (Lipinski definition) is 5. The van der Waals surface area contributed by atoms with Crippen molar-refractivity contribution in [2.75, 3.05) is 28.4 Å². The minimum absolute atomic E-state index is 0.218. The van der Waals surface area contributed by atoms with E-state index < -0.39 is 0 Å². The Labute approximate surface area is 153 Å². The van der Waals surface area contributed by atoms with E-state index in [1.807, 2.05) is 24.3 Å². The molecule has 0 bridgehead atoms. The third kappa shape index (κ3) is 4.69. The highest BCUT2D eigenvalue weighted by Gasteiger charge is 2.08. The molecule has 2 aromatic rings. The molecule has 0 heterocycles. The van der Waals surface area contributed by atoms with Crippen molar-refractivity contribution in [3.63, 3.8) is 0 Å². The molecule has 26 heavy (non-hydrogen) atoms. The van der Waals surface area contributed by atoms with Gasteiger partial charge in [0.1, 0.15) is 0 Å². The first-order chi connectivity index (χ1) is 12.6. The zero-order valence-electron chi connectivity index (χ0n) is 15.4. The smallest absolute Gasteiger partial charge is 0.244 e. The van der Waals surface area contributed by atoms with Crippen molar-refractivity contribution in [2.24, 2.45) is 0 Å². The van der Waals surface area contributed by atoms with E-state index in [4.69, 9.17) is 18.9 Å². The van der Waals surface area contributed by atoms with Crippen molar-refractivity contribution in [1.29, 1.82) is 0 Å². The predicted octanol–water partition coefficient (Wildman–Crippen LogP) is 3.05. The Bertz CT molecular complexity index is 786. The molecular weight excluding hydrogens is 334 g/mol. The lowest BCUT2D eigenvalue weighted by atomic mass is 10.1. The average molecular weight is 357 g/mol. The standard InChI is InChI=1S/C20H23NO5/c1-23-16-10-8-14(12-18(16)25-3)13-21-19(22)11-9-15-6-5-7-17(24-2)20(15)26-4/h5-12H,13H2,1-4H3,(H,21,22)/b11-9+. The summed E-state index contributed by atoms with van der Waals surface area (Å²) in [7, 11) is 6.29. The molecule has 0 radical (unpaired) electrons. The van der Waals surface area contributed by atoms with Crippen LogP contribution in [0.15, 0.2) is 42.5 Å². The number of ether oxygens (including phenoxy) is 4. The van der Waals surface area contributed by atoms with Gasteiger partial charge in [-0.05, 0) is 29.8 Å². The third-order valence-electron chi connectivity index (χ3n) is 3.76. The van der Waals surface area contributed by atoms with Crippen molar-refractivity contribution < 1.29 is 23.7 Å². The molecule has 1 amide bonds. The summed E-state index contributed by atoms with van der Waals surface area (Å²) >= 11 is 0. The largest absolute Gasteiger partial charge is 0.493 e. The fourth-order valence-corrected chi connectivity index (χ4v) is 2.45. The number of amides is 1.